The molecule has 2 aliphatic rings. The molecule has 0 bridgehead atoms. The fourth-order valence-corrected chi connectivity index (χ4v) is 4.90. The minimum Gasteiger partial charge on any atom is -0.332 e. The molecule has 1 aromatic heterocycles. The molecule has 1 aliphatic carbocycles. The predicted octanol–water partition coefficient (Wildman–Crippen LogP) is 3.34. The average molecular weight is 341 g/mol. The van der Waals surface area contributed by atoms with Crippen LogP contribution in [0, 0.1) is 0 Å². The third-order valence-corrected chi connectivity index (χ3v) is 5.99. The summed E-state index contributed by atoms with van der Waals surface area (Å²) in [5.41, 5.74) is 0.554. The van der Waals surface area contributed by atoms with Gasteiger partial charge in [0.1, 0.15) is 5.69 Å². The van der Waals surface area contributed by atoms with Gasteiger partial charge in [-0.05, 0) is 40.9 Å². The summed E-state index contributed by atoms with van der Waals surface area (Å²) in [5, 5.41) is 0.633. The number of hydrogen-bond donors (Lipinski definition) is 0. The minimum absolute atomic E-state index is 0.0877. The summed E-state index contributed by atoms with van der Waals surface area (Å²) in [6, 6.07) is 4.14. The van der Waals surface area contributed by atoms with Crippen LogP contribution in [-0.4, -0.2) is 39.4 Å². The van der Waals surface area contributed by atoms with Gasteiger partial charge in [0.15, 0.2) is 0 Å². The monoisotopic (exact) mass is 340 g/mol. The molecule has 2 atom stereocenters. The van der Waals surface area contributed by atoms with Crippen LogP contribution in [-0.2, 0) is 0 Å². The van der Waals surface area contributed by atoms with Crippen LogP contribution < -0.4 is 0 Å². The van der Waals surface area contributed by atoms with Crippen LogP contribution in [0.4, 0.5) is 0 Å². The average Bonchev–Trinajstić information content (AvgIpc) is 2.46. The second-order valence-electron chi connectivity index (χ2n) is 5.09. The van der Waals surface area contributed by atoms with Gasteiger partial charge in [-0.2, -0.15) is 11.8 Å². The van der Waals surface area contributed by atoms with E-state index < -0.39 is 0 Å². The summed E-state index contributed by atoms with van der Waals surface area (Å²) in [5.74, 6) is 1.14. The third kappa shape index (κ3) is 2.68. The van der Waals surface area contributed by atoms with E-state index in [4.69, 9.17) is 0 Å². The number of rotatable bonds is 1. The maximum absolute atomic E-state index is 12.7. The standard InChI is InChI=1S/C14H17BrN2OS/c15-10-4-3-7-16-13(10)14(18)17-8-9-19-12-6-2-1-5-11(12)17/h3-4,7,11-12H,1-2,5-6,8-9H2/t11-,12+/m0/s1. The maximum atomic E-state index is 12.7. The van der Waals surface area contributed by atoms with Gasteiger partial charge in [-0.3, -0.25) is 4.79 Å². The summed E-state index contributed by atoms with van der Waals surface area (Å²) in [4.78, 5) is 19.0. The number of carbonyl (C=O) groups excluding carboxylic acids is 1. The molecule has 5 heteroatoms. The van der Waals surface area contributed by atoms with Gasteiger partial charge in [0, 0.05) is 34.3 Å². The molecule has 19 heavy (non-hydrogen) atoms. The van der Waals surface area contributed by atoms with Crippen molar-refractivity contribution in [2.75, 3.05) is 12.3 Å². The molecule has 2 fully saturated rings. The van der Waals surface area contributed by atoms with E-state index in [-0.39, 0.29) is 5.91 Å². The predicted molar refractivity (Wildman–Crippen MR) is 81.5 cm³/mol. The van der Waals surface area contributed by atoms with Crippen molar-refractivity contribution in [2.24, 2.45) is 0 Å². The van der Waals surface area contributed by atoms with Crippen LogP contribution in [0.3, 0.4) is 0 Å². The molecule has 0 radical (unpaired) electrons. The number of pyridine rings is 1. The summed E-state index contributed by atoms with van der Waals surface area (Å²) < 4.78 is 0.797. The second-order valence-corrected chi connectivity index (χ2v) is 7.29. The molecule has 3 nitrogen and oxygen atoms in total. The van der Waals surface area contributed by atoms with Crippen molar-refractivity contribution in [3.05, 3.63) is 28.5 Å². The topological polar surface area (TPSA) is 33.2 Å². The highest BCUT2D eigenvalue weighted by Crippen LogP contribution is 2.36. The SMILES string of the molecule is O=C(c1ncccc1Br)N1CCS[C@@H]2CCCC[C@@H]21. The lowest BCUT2D eigenvalue weighted by Gasteiger charge is -2.43. The van der Waals surface area contributed by atoms with Crippen molar-refractivity contribution in [1.82, 2.24) is 9.88 Å². The highest BCUT2D eigenvalue weighted by Gasteiger charge is 2.37. The number of halogens is 1. The molecule has 2 heterocycles. The minimum atomic E-state index is 0.0877. The van der Waals surface area contributed by atoms with Gasteiger partial charge in [0.25, 0.3) is 5.91 Å². The van der Waals surface area contributed by atoms with Gasteiger partial charge < -0.3 is 4.90 Å². The Balaban J connectivity index is 1.84. The fourth-order valence-electron chi connectivity index (χ4n) is 3.03. The van der Waals surface area contributed by atoms with Crippen LogP contribution in [0.15, 0.2) is 22.8 Å². The number of carbonyl (C=O) groups is 1. The Morgan fingerprint density at radius 2 is 2.26 bits per heavy atom. The van der Waals surface area contributed by atoms with E-state index in [0.29, 0.717) is 17.0 Å². The Morgan fingerprint density at radius 3 is 3.11 bits per heavy atom. The molecule has 1 amide bonds. The number of aromatic nitrogens is 1. The first-order valence-electron chi connectivity index (χ1n) is 6.80. The van der Waals surface area contributed by atoms with Crippen LogP contribution in [0.1, 0.15) is 36.2 Å². The maximum Gasteiger partial charge on any atom is 0.273 e. The first kappa shape index (κ1) is 13.4. The molecule has 1 saturated heterocycles. The van der Waals surface area contributed by atoms with Gasteiger partial charge in [-0.25, -0.2) is 4.98 Å². The molecule has 0 unspecified atom stereocenters. The lowest BCUT2D eigenvalue weighted by Crippen LogP contribution is -2.51. The number of thioether (sulfide) groups is 1. The summed E-state index contributed by atoms with van der Waals surface area (Å²) in [6.45, 7) is 0.855. The van der Waals surface area contributed by atoms with E-state index >= 15 is 0 Å². The van der Waals surface area contributed by atoms with Gasteiger partial charge >= 0.3 is 0 Å². The highest BCUT2D eigenvalue weighted by atomic mass is 79.9. The van der Waals surface area contributed by atoms with Crippen molar-refractivity contribution in [3.63, 3.8) is 0 Å². The lowest BCUT2D eigenvalue weighted by molar-refractivity contribution is 0.0639. The first-order valence-corrected chi connectivity index (χ1v) is 8.64. The molecule has 3 rings (SSSR count). The molecule has 0 N–H and O–H groups in total. The lowest BCUT2D eigenvalue weighted by atomic mass is 9.93. The zero-order valence-corrected chi connectivity index (χ0v) is 13.1. The van der Waals surface area contributed by atoms with Crippen molar-refractivity contribution in [2.45, 2.75) is 37.0 Å². The number of amides is 1. The third-order valence-electron chi connectivity index (χ3n) is 3.95. The molecule has 102 valence electrons. The van der Waals surface area contributed by atoms with Crippen molar-refractivity contribution < 1.29 is 4.79 Å². The van der Waals surface area contributed by atoms with Crippen molar-refractivity contribution in [1.29, 1.82) is 0 Å². The Labute approximate surface area is 126 Å². The van der Waals surface area contributed by atoms with Crippen LogP contribution in [0.2, 0.25) is 0 Å². The number of nitrogens with zero attached hydrogens (tertiary/aromatic N) is 2. The zero-order valence-electron chi connectivity index (χ0n) is 10.7. The second kappa shape index (κ2) is 5.83. The van der Waals surface area contributed by atoms with E-state index in [9.17, 15) is 4.79 Å². The van der Waals surface area contributed by atoms with Gasteiger partial charge in [0.2, 0.25) is 0 Å². The first-order chi connectivity index (χ1) is 9.27. The smallest absolute Gasteiger partial charge is 0.273 e. The van der Waals surface area contributed by atoms with E-state index in [0.717, 1.165) is 23.2 Å². The number of fused-ring (bicyclic) bond motifs is 1. The zero-order chi connectivity index (χ0) is 13.2. The summed E-state index contributed by atoms with van der Waals surface area (Å²) in [7, 11) is 0. The normalized spacial score (nSPS) is 26.9. The molecule has 0 spiro atoms. The molecule has 1 aliphatic heterocycles. The Morgan fingerprint density at radius 1 is 1.42 bits per heavy atom. The Kier molecular flexibility index (Phi) is 4.12. The van der Waals surface area contributed by atoms with Crippen molar-refractivity contribution in [3.8, 4) is 0 Å². The van der Waals surface area contributed by atoms with E-state index in [2.05, 4.69) is 25.8 Å². The van der Waals surface area contributed by atoms with Gasteiger partial charge in [-0.1, -0.05) is 12.8 Å². The molecular formula is C14H17BrN2OS. The fraction of sp³-hybridized carbons (Fsp3) is 0.571. The summed E-state index contributed by atoms with van der Waals surface area (Å²) >= 11 is 5.48. The number of hydrogen-bond acceptors (Lipinski definition) is 3. The molecule has 1 aromatic rings. The quantitative estimate of drug-likeness (QED) is 0.785. The summed E-state index contributed by atoms with van der Waals surface area (Å²) in [6.07, 6.45) is 6.64. The van der Waals surface area contributed by atoms with Crippen molar-refractivity contribution >= 4 is 33.6 Å². The molecule has 1 saturated carbocycles. The van der Waals surface area contributed by atoms with Crippen LogP contribution >= 0.6 is 27.7 Å². The van der Waals surface area contributed by atoms with E-state index in [1.807, 2.05) is 23.9 Å². The molecule has 0 aromatic carbocycles. The Hall–Kier alpha value is -0.550. The highest BCUT2D eigenvalue weighted by molar-refractivity contribution is 9.10. The van der Waals surface area contributed by atoms with Gasteiger partial charge in [0.05, 0.1) is 0 Å². The van der Waals surface area contributed by atoms with Crippen LogP contribution in [0.25, 0.3) is 0 Å². The largest absolute Gasteiger partial charge is 0.332 e. The van der Waals surface area contributed by atoms with E-state index in [1.165, 1.54) is 19.3 Å². The van der Waals surface area contributed by atoms with E-state index in [1.54, 1.807) is 6.20 Å². The Bertz CT molecular complexity index is 480. The van der Waals surface area contributed by atoms with Crippen LogP contribution in [0.5, 0.6) is 0 Å². The molecular weight excluding hydrogens is 324 g/mol. The van der Waals surface area contributed by atoms with Gasteiger partial charge in [-0.15, -0.1) is 0 Å².